The van der Waals surface area contributed by atoms with Crippen LogP contribution in [0.15, 0.2) is 24.3 Å². The van der Waals surface area contributed by atoms with Crippen LogP contribution in [0, 0.1) is 0 Å². The van der Waals surface area contributed by atoms with Crippen LogP contribution in [0.2, 0.25) is 0 Å². The maximum Gasteiger partial charge on any atom is 0.230 e. The average Bonchev–Trinajstić information content (AvgIpc) is 2.49. The molecule has 1 aromatic rings. The van der Waals surface area contributed by atoms with Crippen LogP contribution in [0.1, 0.15) is 57.6 Å². The Hall–Kier alpha value is -1.35. The molecule has 21 heavy (non-hydrogen) atoms. The van der Waals surface area contributed by atoms with Crippen LogP contribution in [-0.4, -0.2) is 23.2 Å². The van der Waals surface area contributed by atoms with E-state index < -0.39 is 5.41 Å². The zero-order valence-electron chi connectivity index (χ0n) is 13.4. The quantitative estimate of drug-likeness (QED) is 0.895. The fraction of sp³-hybridized carbons (Fsp3) is 0.611. The number of aliphatic hydroxyl groups is 1. The third-order valence-electron chi connectivity index (χ3n) is 4.68. The lowest BCUT2D eigenvalue weighted by atomic mass is 9.82. The van der Waals surface area contributed by atoms with Gasteiger partial charge in [-0.2, -0.15) is 0 Å². The topological polar surface area (TPSA) is 49.3 Å². The maximum atomic E-state index is 12.6. The summed E-state index contributed by atoms with van der Waals surface area (Å²) in [6.07, 6.45) is 4.15. The Labute approximate surface area is 127 Å². The molecule has 1 amide bonds. The number of carbonyl (C=O) groups excluding carboxylic acids is 1. The first-order valence-electron chi connectivity index (χ1n) is 8.02. The normalized spacial score (nSPS) is 22.9. The summed E-state index contributed by atoms with van der Waals surface area (Å²) >= 11 is 0. The minimum atomic E-state index is -0.525. The zero-order valence-corrected chi connectivity index (χ0v) is 13.4. The van der Waals surface area contributed by atoms with E-state index in [1.807, 2.05) is 13.8 Å². The van der Waals surface area contributed by atoms with Crippen LogP contribution in [0.25, 0.3) is 0 Å². The molecule has 0 aliphatic heterocycles. The first-order valence-corrected chi connectivity index (χ1v) is 8.02. The number of hydrogen-bond donors (Lipinski definition) is 2. The van der Waals surface area contributed by atoms with Gasteiger partial charge in [0.05, 0.1) is 11.5 Å². The van der Waals surface area contributed by atoms with Crippen molar-refractivity contribution in [3.8, 4) is 0 Å². The predicted molar refractivity (Wildman–Crippen MR) is 85.3 cm³/mol. The van der Waals surface area contributed by atoms with Gasteiger partial charge in [-0.05, 0) is 57.1 Å². The highest BCUT2D eigenvalue weighted by molar-refractivity contribution is 5.87. The van der Waals surface area contributed by atoms with Crippen molar-refractivity contribution in [2.24, 2.45) is 0 Å². The van der Waals surface area contributed by atoms with Crippen LogP contribution in [0.4, 0.5) is 0 Å². The monoisotopic (exact) mass is 289 g/mol. The Morgan fingerprint density at radius 2 is 1.76 bits per heavy atom. The number of nitrogens with one attached hydrogen (secondary N) is 1. The SMILES string of the molecule is CCc1ccc(C(C)(C)C(=O)NC2CCC(O)CC2)cc1. The molecule has 0 radical (unpaired) electrons. The van der Waals surface area contributed by atoms with Crippen LogP contribution in [0.5, 0.6) is 0 Å². The maximum absolute atomic E-state index is 12.6. The fourth-order valence-electron chi connectivity index (χ4n) is 2.87. The number of aliphatic hydroxyl groups excluding tert-OH is 1. The zero-order chi connectivity index (χ0) is 15.5. The highest BCUT2D eigenvalue weighted by Gasteiger charge is 2.32. The molecule has 0 unspecified atom stereocenters. The molecule has 2 N–H and O–H groups in total. The van der Waals surface area contributed by atoms with Gasteiger partial charge in [0.25, 0.3) is 0 Å². The van der Waals surface area contributed by atoms with Crippen molar-refractivity contribution in [2.45, 2.75) is 70.4 Å². The van der Waals surface area contributed by atoms with E-state index in [9.17, 15) is 9.90 Å². The van der Waals surface area contributed by atoms with Gasteiger partial charge in [0.15, 0.2) is 0 Å². The van der Waals surface area contributed by atoms with E-state index in [1.165, 1.54) is 5.56 Å². The molecule has 3 nitrogen and oxygen atoms in total. The van der Waals surface area contributed by atoms with Crippen LogP contribution in [-0.2, 0) is 16.6 Å². The predicted octanol–water partition coefficient (Wildman–Crippen LogP) is 2.95. The molecule has 0 atom stereocenters. The van der Waals surface area contributed by atoms with Crippen molar-refractivity contribution in [3.05, 3.63) is 35.4 Å². The van der Waals surface area contributed by atoms with Gasteiger partial charge in [-0.25, -0.2) is 0 Å². The van der Waals surface area contributed by atoms with Crippen molar-refractivity contribution >= 4 is 5.91 Å². The molecule has 1 fully saturated rings. The van der Waals surface area contributed by atoms with E-state index in [0.717, 1.165) is 37.7 Å². The van der Waals surface area contributed by atoms with Crippen LogP contribution >= 0.6 is 0 Å². The van der Waals surface area contributed by atoms with Crippen molar-refractivity contribution in [1.29, 1.82) is 0 Å². The summed E-state index contributed by atoms with van der Waals surface area (Å²) in [6.45, 7) is 6.08. The molecule has 1 aromatic carbocycles. The van der Waals surface area contributed by atoms with E-state index in [1.54, 1.807) is 0 Å². The average molecular weight is 289 g/mol. The highest BCUT2D eigenvalue weighted by Crippen LogP contribution is 2.26. The molecule has 1 aliphatic rings. The summed E-state index contributed by atoms with van der Waals surface area (Å²) in [5.74, 6) is 0.0770. The first-order chi connectivity index (χ1) is 9.93. The summed E-state index contributed by atoms with van der Waals surface area (Å²) in [6, 6.07) is 8.52. The number of rotatable bonds is 4. The summed E-state index contributed by atoms with van der Waals surface area (Å²) in [7, 11) is 0. The summed E-state index contributed by atoms with van der Waals surface area (Å²) in [5, 5.41) is 12.7. The lowest BCUT2D eigenvalue weighted by Gasteiger charge is -2.31. The fourth-order valence-corrected chi connectivity index (χ4v) is 2.87. The van der Waals surface area contributed by atoms with E-state index >= 15 is 0 Å². The molecule has 116 valence electrons. The number of aryl methyl sites for hydroxylation is 1. The Kier molecular flexibility index (Phi) is 5.04. The van der Waals surface area contributed by atoms with Crippen molar-refractivity contribution < 1.29 is 9.90 Å². The minimum Gasteiger partial charge on any atom is -0.393 e. The number of amides is 1. The van der Waals surface area contributed by atoms with Crippen LogP contribution < -0.4 is 5.32 Å². The smallest absolute Gasteiger partial charge is 0.230 e. The summed E-state index contributed by atoms with van der Waals surface area (Å²) in [5.41, 5.74) is 1.81. The van der Waals surface area contributed by atoms with Gasteiger partial charge in [0.2, 0.25) is 5.91 Å². The lowest BCUT2D eigenvalue weighted by molar-refractivity contribution is -0.126. The van der Waals surface area contributed by atoms with E-state index in [2.05, 4.69) is 36.5 Å². The molecule has 1 saturated carbocycles. The number of hydrogen-bond acceptors (Lipinski definition) is 2. The second kappa shape index (κ2) is 6.61. The van der Waals surface area contributed by atoms with Gasteiger partial charge in [-0.1, -0.05) is 31.2 Å². The first kappa shape index (κ1) is 16.0. The molecule has 0 aromatic heterocycles. The third kappa shape index (κ3) is 3.85. The summed E-state index contributed by atoms with van der Waals surface area (Å²) in [4.78, 5) is 12.6. The number of benzene rings is 1. The molecule has 0 spiro atoms. The number of carbonyl (C=O) groups is 1. The Morgan fingerprint density at radius 3 is 2.29 bits per heavy atom. The van der Waals surface area contributed by atoms with Gasteiger partial charge in [-0.3, -0.25) is 4.79 Å². The van der Waals surface area contributed by atoms with E-state index in [4.69, 9.17) is 0 Å². The summed E-state index contributed by atoms with van der Waals surface area (Å²) < 4.78 is 0. The van der Waals surface area contributed by atoms with Gasteiger partial charge in [-0.15, -0.1) is 0 Å². The van der Waals surface area contributed by atoms with Crippen molar-refractivity contribution in [3.63, 3.8) is 0 Å². The standard InChI is InChI=1S/C18H27NO2/c1-4-13-5-7-14(8-6-13)18(2,3)17(21)19-15-9-11-16(20)12-10-15/h5-8,15-16,20H,4,9-12H2,1-3H3,(H,19,21). The molecule has 0 heterocycles. The minimum absolute atomic E-state index is 0.0770. The van der Waals surface area contributed by atoms with E-state index in [0.29, 0.717) is 0 Å². The Bertz CT molecular complexity index is 470. The Morgan fingerprint density at radius 1 is 1.19 bits per heavy atom. The van der Waals surface area contributed by atoms with Gasteiger partial charge in [0, 0.05) is 6.04 Å². The molecule has 1 aliphatic carbocycles. The molecular weight excluding hydrogens is 262 g/mol. The van der Waals surface area contributed by atoms with Gasteiger partial charge in [0.1, 0.15) is 0 Å². The Balaban J connectivity index is 2.01. The van der Waals surface area contributed by atoms with Crippen molar-refractivity contribution in [1.82, 2.24) is 5.32 Å². The van der Waals surface area contributed by atoms with Gasteiger partial charge >= 0.3 is 0 Å². The lowest BCUT2D eigenvalue weighted by Crippen LogP contribution is -2.46. The molecule has 2 rings (SSSR count). The molecule has 0 bridgehead atoms. The van der Waals surface area contributed by atoms with Gasteiger partial charge < -0.3 is 10.4 Å². The molecule has 3 heteroatoms. The second-order valence-corrected chi connectivity index (χ2v) is 6.65. The largest absolute Gasteiger partial charge is 0.393 e. The molecule has 0 saturated heterocycles. The van der Waals surface area contributed by atoms with Crippen molar-refractivity contribution in [2.75, 3.05) is 0 Å². The van der Waals surface area contributed by atoms with Crippen LogP contribution in [0.3, 0.4) is 0 Å². The highest BCUT2D eigenvalue weighted by atomic mass is 16.3. The molecular formula is C18H27NO2. The third-order valence-corrected chi connectivity index (χ3v) is 4.68. The second-order valence-electron chi connectivity index (χ2n) is 6.65. The van der Waals surface area contributed by atoms with E-state index in [-0.39, 0.29) is 18.1 Å².